The second kappa shape index (κ2) is 8.15. The first-order chi connectivity index (χ1) is 10.3. The monoisotopic (exact) mass is 306 g/mol. The summed E-state index contributed by atoms with van der Waals surface area (Å²) in [4.78, 5) is 13.7. The van der Waals surface area contributed by atoms with E-state index < -0.39 is 0 Å². The van der Waals surface area contributed by atoms with Gasteiger partial charge in [-0.1, -0.05) is 32.0 Å². The minimum atomic E-state index is -0.195. The summed E-state index contributed by atoms with van der Waals surface area (Å²) in [5.41, 5.74) is 0.697. The van der Waals surface area contributed by atoms with E-state index in [9.17, 15) is 4.79 Å². The van der Waals surface area contributed by atoms with Gasteiger partial charge in [0, 0.05) is 15.5 Å². The molecule has 0 radical (unpaired) electrons. The van der Waals surface area contributed by atoms with Crippen LogP contribution in [0.3, 0.4) is 0 Å². The molecule has 0 spiro atoms. The molecule has 0 fully saturated rings. The molecular weight excluding hydrogens is 282 g/mol. The summed E-state index contributed by atoms with van der Waals surface area (Å²) in [5, 5.41) is 2.90. The van der Waals surface area contributed by atoms with Crippen molar-refractivity contribution < 1.29 is 14.4 Å². The van der Waals surface area contributed by atoms with Crippen molar-refractivity contribution in [3.05, 3.63) is 35.2 Å². The van der Waals surface area contributed by atoms with Crippen molar-refractivity contribution in [3.63, 3.8) is 0 Å². The number of rotatable bonds is 8. The molecule has 2 aromatic rings. The molecule has 0 amide bonds. The van der Waals surface area contributed by atoms with E-state index in [2.05, 4.69) is 13.8 Å². The van der Waals surface area contributed by atoms with E-state index >= 15 is 0 Å². The number of thiophene rings is 1. The van der Waals surface area contributed by atoms with Gasteiger partial charge in [-0.2, -0.15) is 0 Å². The Hall–Kier alpha value is -1.39. The SMILES string of the molecule is CCC[NH+](CCC)CCOC(=O)c1csc2ccccc12. The van der Waals surface area contributed by atoms with Gasteiger partial charge < -0.3 is 9.64 Å². The number of fused-ring (bicyclic) bond motifs is 1. The Balaban J connectivity index is 1.90. The van der Waals surface area contributed by atoms with Crippen LogP contribution >= 0.6 is 11.3 Å². The minimum absolute atomic E-state index is 0.195. The number of carbonyl (C=O) groups is 1. The maximum Gasteiger partial charge on any atom is 0.339 e. The van der Waals surface area contributed by atoms with E-state index in [0.29, 0.717) is 12.2 Å². The predicted molar refractivity (Wildman–Crippen MR) is 88.3 cm³/mol. The summed E-state index contributed by atoms with van der Waals surface area (Å²) >= 11 is 1.59. The fourth-order valence-electron chi connectivity index (χ4n) is 2.58. The Kier molecular flexibility index (Phi) is 6.21. The second-order valence-electron chi connectivity index (χ2n) is 5.28. The Morgan fingerprint density at radius 2 is 1.86 bits per heavy atom. The lowest BCUT2D eigenvalue weighted by Gasteiger charge is -2.17. The highest BCUT2D eigenvalue weighted by Gasteiger charge is 2.14. The molecule has 1 heterocycles. The van der Waals surface area contributed by atoms with Crippen LogP contribution in [-0.2, 0) is 4.74 Å². The summed E-state index contributed by atoms with van der Waals surface area (Å²) in [5.74, 6) is -0.195. The van der Waals surface area contributed by atoms with Crippen LogP contribution in [0.5, 0.6) is 0 Å². The molecule has 0 saturated carbocycles. The van der Waals surface area contributed by atoms with Gasteiger partial charge in [-0.25, -0.2) is 4.79 Å². The van der Waals surface area contributed by atoms with Gasteiger partial charge in [0.2, 0.25) is 0 Å². The zero-order valence-corrected chi connectivity index (χ0v) is 13.7. The molecule has 1 aromatic heterocycles. The van der Waals surface area contributed by atoms with Crippen molar-refractivity contribution in [3.8, 4) is 0 Å². The van der Waals surface area contributed by atoms with Crippen LogP contribution in [0.15, 0.2) is 29.6 Å². The van der Waals surface area contributed by atoms with Gasteiger partial charge in [0.1, 0.15) is 13.2 Å². The summed E-state index contributed by atoms with van der Waals surface area (Å²) in [6.45, 7) is 8.08. The Bertz CT molecular complexity index is 573. The number of nitrogens with one attached hydrogen (secondary N) is 1. The molecule has 1 aromatic carbocycles. The van der Waals surface area contributed by atoms with E-state index in [1.807, 2.05) is 29.6 Å². The zero-order chi connectivity index (χ0) is 15.1. The Morgan fingerprint density at radius 3 is 2.57 bits per heavy atom. The average Bonchev–Trinajstić information content (AvgIpc) is 2.91. The van der Waals surface area contributed by atoms with E-state index in [4.69, 9.17) is 4.74 Å². The first-order valence-corrected chi connectivity index (χ1v) is 8.61. The number of quaternary nitrogens is 1. The Morgan fingerprint density at radius 1 is 1.14 bits per heavy atom. The summed E-state index contributed by atoms with van der Waals surface area (Å²) in [7, 11) is 0. The van der Waals surface area contributed by atoms with Crippen LogP contribution in [0.25, 0.3) is 10.1 Å². The molecule has 2 rings (SSSR count). The lowest BCUT2D eigenvalue weighted by Crippen LogP contribution is -3.12. The quantitative estimate of drug-likeness (QED) is 0.760. The highest BCUT2D eigenvalue weighted by Crippen LogP contribution is 2.25. The van der Waals surface area contributed by atoms with Crippen LogP contribution in [0.2, 0.25) is 0 Å². The molecule has 4 heteroatoms. The predicted octanol–water partition coefficient (Wildman–Crippen LogP) is 2.76. The van der Waals surface area contributed by atoms with Crippen molar-refractivity contribution in [2.24, 2.45) is 0 Å². The van der Waals surface area contributed by atoms with Crippen molar-refractivity contribution in [1.82, 2.24) is 0 Å². The molecule has 0 atom stereocenters. The van der Waals surface area contributed by atoms with Crippen LogP contribution in [0, 0.1) is 0 Å². The molecule has 3 nitrogen and oxygen atoms in total. The van der Waals surface area contributed by atoms with Crippen LogP contribution in [-0.4, -0.2) is 32.2 Å². The minimum Gasteiger partial charge on any atom is -0.456 e. The highest BCUT2D eigenvalue weighted by molar-refractivity contribution is 7.17. The fraction of sp³-hybridized carbons (Fsp3) is 0.471. The standard InChI is InChI=1S/C17H23NO2S/c1-3-9-18(10-4-2)11-12-20-17(19)15-13-21-16-8-6-5-7-14(15)16/h5-8,13H,3-4,9-12H2,1-2H3/p+1. The fourth-order valence-corrected chi connectivity index (χ4v) is 3.51. The zero-order valence-electron chi connectivity index (χ0n) is 12.9. The first kappa shape index (κ1) is 16.0. The molecule has 21 heavy (non-hydrogen) atoms. The van der Waals surface area contributed by atoms with Crippen molar-refractivity contribution in [2.45, 2.75) is 26.7 Å². The molecule has 0 bridgehead atoms. The summed E-state index contributed by atoms with van der Waals surface area (Å²) < 4.78 is 6.60. The van der Waals surface area contributed by atoms with E-state index in [1.54, 1.807) is 11.3 Å². The third kappa shape index (κ3) is 4.29. The second-order valence-corrected chi connectivity index (χ2v) is 6.19. The molecular formula is C17H24NO2S+. The van der Waals surface area contributed by atoms with E-state index in [1.165, 1.54) is 17.7 Å². The summed E-state index contributed by atoms with van der Waals surface area (Å²) in [6, 6.07) is 7.96. The first-order valence-electron chi connectivity index (χ1n) is 7.73. The van der Waals surface area contributed by atoms with Gasteiger partial charge in [0.15, 0.2) is 0 Å². The van der Waals surface area contributed by atoms with Crippen LogP contribution in [0.4, 0.5) is 0 Å². The van der Waals surface area contributed by atoms with Crippen molar-refractivity contribution in [2.75, 3.05) is 26.2 Å². The lowest BCUT2D eigenvalue weighted by atomic mass is 10.2. The third-order valence-electron chi connectivity index (χ3n) is 3.60. The number of ether oxygens (including phenoxy) is 1. The maximum absolute atomic E-state index is 12.2. The number of carbonyl (C=O) groups excluding carboxylic acids is 1. The van der Waals surface area contributed by atoms with Crippen molar-refractivity contribution >= 4 is 27.4 Å². The smallest absolute Gasteiger partial charge is 0.339 e. The largest absolute Gasteiger partial charge is 0.456 e. The van der Waals surface area contributed by atoms with Gasteiger partial charge in [-0.3, -0.25) is 0 Å². The maximum atomic E-state index is 12.2. The molecule has 0 saturated heterocycles. The highest BCUT2D eigenvalue weighted by atomic mass is 32.1. The van der Waals surface area contributed by atoms with Gasteiger partial charge >= 0.3 is 5.97 Å². The van der Waals surface area contributed by atoms with E-state index in [-0.39, 0.29) is 5.97 Å². The normalized spacial score (nSPS) is 11.2. The molecule has 1 N–H and O–H groups in total. The lowest BCUT2D eigenvalue weighted by molar-refractivity contribution is -0.900. The number of hydrogen-bond donors (Lipinski definition) is 1. The molecule has 0 aliphatic rings. The van der Waals surface area contributed by atoms with Crippen molar-refractivity contribution in [1.29, 1.82) is 0 Å². The number of esters is 1. The van der Waals surface area contributed by atoms with E-state index in [0.717, 1.165) is 29.7 Å². The van der Waals surface area contributed by atoms with Crippen LogP contribution in [0.1, 0.15) is 37.0 Å². The number of hydrogen-bond acceptors (Lipinski definition) is 3. The number of benzene rings is 1. The Labute approximate surface area is 130 Å². The molecule has 0 unspecified atom stereocenters. The average molecular weight is 306 g/mol. The molecule has 0 aliphatic heterocycles. The van der Waals surface area contributed by atoms with Crippen LogP contribution < -0.4 is 4.90 Å². The summed E-state index contributed by atoms with van der Waals surface area (Å²) in [6.07, 6.45) is 2.33. The van der Waals surface area contributed by atoms with Gasteiger partial charge in [0.05, 0.1) is 18.7 Å². The molecule has 114 valence electrons. The third-order valence-corrected chi connectivity index (χ3v) is 4.56. The topological polar surface area (TPSA) is 30.7 Å². The molecule has 0 aliphatic carbocycles. The van der Waals surface area contributed by atoms with Gasteiger partial charge in [-0.15, -0.1) is 11.3 Å². The van der Waals surface area contributed by atoms with Gasteiger partial charge in [-0.05, 0) is 18.9 Å². The van der Waals surface area contributed by atoms with Gasteiger partial charge in [0.25, 0.3) is 0 Å².